The molecule has 2 aliphatic rings. The lowest BCUT2D eigenvalue weighted by molar-refractivity contribution is 0.559. The van der Waals surface area contributed by atoms with Crippen molar-refractivity contribution in [1.29, 1.82) is 0 Å². The first kappa shape index (κ1) is 13.0. The van der Waals surface area contributed by atoms with Gasteiger partial charge >= 0.3 is 0 Å². The van der Waals surface area contributed by atoms with Gasteiger partial charge in [-0.2, -0.15) is 0 Å². The smallest absolute Gasteiger partial charge is 0.0366 e. The molecule has 1 N–H and O–H groups in total. The summed E-state index contributed by atoms with van der Waals surface area (Å²) in [6.45, 7) is 2.38. The molecule has 1 aromatic rings. The zero-order valence-electron chi connectivity index (χ0n) is 12.1. The molecule has 2 heteroatoms. The minimum absolute atomic E-state index is 0.750. The molecule has 0 amide bonds. The standard InChI is InChI=1S/C17H26N2/c1-19(12-10-16-7-4-11-18-16)17-9-8-14-5-2-3-6-15(14)13-17/h8-9,13,16,18H,2-7,10-12H2,1H3. The number of fused-ring (bicyclic) bond motifs is 1. The maximum Gasteiger partial charge on any atom is 0.0366 e. The number of benzene rings is 1. The summed E-state index contributed by atoms with van der Waals surface area (Å²) < 4.78 is 0. The molecule has 3 rings (SSSR count). The molecule has 1 heterocycles. The molecule has 1 aromatic carbocycles. The maximum atomic E-state index is 3.59. The number of rotatable bonds is 4. The predicted octanol–water partition coefficient (Wildman–Crippen LogP) is 3.14. The van der Waals surface area contributed by atoms with E-state index in [1.807, 2.05) is 0 Å². The van der Waals surface area contributed by atoms with Crippen LogP contribution >= 0.6 is 0 Å². The number of nitrogens with one attached hydrogen (secondary N) is 1. The van der Waals surface area contributed by atoms with Gasteiger partial charge in [-0.25, -0.2) is 0 Å². The van der Waals surface area contributed by atoms with Crippen molar-refractivity contribution >= 4 is 5.69 Å². The SMILES string of the molecule is CN(CCC1CCCN1)c1ccc2c(c1)CCCC2. The van der Waals surface area contributed by atoms with Gasteiger partial charge in [-0.1, -0.05) is 6.07 Å². The van der Waals surface area contributed by atoms with E-state index in [-0.39, 0.29) is 0 Å². The first-order chi connectivity index (χ1) is 9.33. The Labute approximate surface area is 117 Å². The largest absolute Gasteiger partial charge is 0.375 e. The molecule has 1 atom stereocenters. The summed E-state index contributed by atoms with van der Waals surface area (Å²) >= 11 is 0. The van der Waals surface area contributed by atoms with Gasteiger partial charge in [0, 0.05) is 25.3 Å². The van der Waals surface area contributed by atoms with Gasteiger partial charge in [-0.15, -0.1) is 0 Å². The third kappa shape index (κ3) is 3.11. The molecule has 1 aliphatic heterocycles. The van der Waals surface area contributed by atoms with Crippen LogP contribution in [-0.2, 0) is 12.8 Å². The molecule has 1 unspecified atom stereocenters. The van der Waals surface area contributed by atoms with Gasteiger partial charge < -0.3 is 10.2 Å². The van der Waals surface area contributed by atoms with E-state index < -0.39 is 0 Å². The van der Waals surface area contributed by atoms with E-state index in [1.54, 1.807) is 11.1 Å². The summed E-state index contributed by atoms with van der Waals surface area (Å²) in [5.41, 5.74) is 4.58. The summed E-state index contributed by atoms with van der Waals surface area (Å²) in [6, 6.07) is 7.84. The van der Waals surface area contributed by atoms with Crippen molar-refractivity contribution in [3.8, 4) is 0 Å². The molecule has 104 valence electrons. The summed E-state index contributed by atoms with van der Waals surface area (Å²) in [5.74, 6) is 0. The van der Waals surface area contributed by atoms with Crippen molar-refractivity contribution in [2.45, 2.75) is 51.0 Å². The Kier molecular flexibility index (Phi) is 4.07. The van der Waals surface area contributed by atoms with Crippen molar-refractivity contribution < 1.29 is 0 Å². The van der Waals surface area contributed by atoms with E-state index in [0.717, 1.165) is 12.6 Å². The fourth-order valence-electron chi connectivity index (χ4n) is 3.44. The predicted molar refractivity (Wildman–Crippen MR) is 82.0 cm³/mol. The normalized spacial score (nSPS) is 22.3. The lowest BCUT2D eigenvalue weighted by Crippen LogP contribution is -2.28. The lowest BCUT2D eigenvalue weighted by Gasteiger charge is -2.24. The zero-order valence-corrected chi connectivity index (χ0v) is 12.1. The van der Waals surface area contributed by atoms with Crippen LogP contribution in [0.4, 0.5) is 5.69 Å². The molecule has 0 radical (unpaired) electrons. The van der Waals surface area contributed by atoms with Crippen molar-refractivity contribution in [1.82, 2.24) is 5.32 Å². The van der Waals surface area contributed by atoms with Gasteiger partial charge in [0.05, 0.1) is 0 Å². The molecule has 0 saturated carbocycles. The van der Waals surface area contributed by atoms with Crippen LogP contribution in [-0.4, -0.2) is 26.2 Å². The highest BCUT2D eigenvalue weighted by molar-refractivity contribution is 5.51. The molecule has 19 heavy (non-hydrogen) atoms. The van der Waals surface area contributed by atoms with E-state index in [4.69, 9.17) is 0 Å². The maximum absolute atomic E-state index is 3.59. The van der Waals surface area contributed by atoms with Crippen LogP contribution in [0.2, 0.25) is 0 Å². The second-order valence-electron chi connectivity index (χ2n) is 6.16. The molecule has 0 bridgehead atoms. The summed E-state index contributed by atoms with van der Waals surface area (Å²) in [5, 5.41) is 3.59. The average Bonchev–Trinajstić information content (AvgIpc) is 2.97. The highest BCUT2D eigenvalue weighted by atomic mass is 15.1. The van der Waals surface area contributed by atoms with Crippen LogP contribution in [0.3, 0.4) is 0 Å². The topological polar surface area (TPSA) is 15.3 Å². The Morgan fingerprint density at radius 3 is 2.79 bits per heavy atom. The Bertz CT molecular complexity index is 421. The van der Waals surface area contributed by atoms with E-state index in [0.29, 0.717) is 0 Å². The zero-order chi connectivity index (χ0) is 13.1. The van der Waals surface area contributed by atoms with E-state index in [9.17, 15) is 0 Å². The number of nitrogens with zero attached hydrogens (tertiary/aromatic N) is 1. The Morgan fingerprint density at radius 2 is 2.00 bits per heavy atom. The van der Waals surface area contributed by atoms with Crippen molar-refractivity contribution in [3.63, 3.8) is 0 Å². The molecular formula is C17H26N2. The number of aryl methyl sites for hydroxylation is 2. The van der Waals surface area contributed by atoms with E-state index >= 15 is 0 Å². The van der Waals surface area contributed by atoms with Crippen LogP contribution < -0.4 is 10.2 Å². The van der Waals surface area contributed by atoms with Gasteiger partial charge in [-0.3, -0.25) is 0 Å². The lowest BCUT2D eigenvalue weighted by atomic mass is 9.91. The summed E-state index contributed by atoms with van der Waals surface area (Å²) in [4.78, 5) is 2.43. The third-order valence-electron chi connectivity index (χ3n) is 4.75. The number of hydrogen-bond acceptors (Lipinski definition) is 2. The minimum Gasteiger partial charge on any atom is -0.375 e. The average molecular weight is 258 g/mol. The molecular weight excluding hydrogens is 232 g/mol. The number of hydrogen-bond donors (Lipinski definition) is 1. The van der Waals surface area contributed by atoms with Gasteiger partial charge in [-0.05, 0) is 74.8 Å². The second-order valence-corrected chi connectivity index (χ2v) is 6.16. The fraction of sp³-hybridized carbons (Fsp3) is 0.647. The highest BCUT2D eigenvalue weighted by Gasteiger charge is 2.15. The number of anilines is 1. The molecule has 1 aliphatic carbocycles. The van der Waals surface area contributed by atoms with Gasteiger partial charge in [0.2, 0.25) is 0 Å². The highest BCUT2D eigenvalue weighted by Crippen LogP contribution is 2.26. The summed E-state index contributed by atoms with van der Waals surface area (Å²) in [6.07, 6.45) is 9.28. The molecule has 1 fully saturated rings. The van der Waals surface area contributed by atoms with Crippen LogP contribution in [0.5, 0.6) is 0 Å². The monoisotopic (exact) mass is 258 g/mol. The van der Waals surface area contributed by atoms with Crippen LogP contribution in [0.15, 0.2) is 18.2 Å². The Morgan fingerprint density at radius 1 is 1.16 bits per heavy atom. The first-order valence-electron chi connectivity index (χ1n) is 7.89. The van der Waals surface area contributed by atoms with Crippen molar-refractivity contribution in [2.24, 2.45) is 0 Å². The first-order valence-corrected chi connectivity index (χ1v) is 7.89. The molecule has 0 spiro atoms. The van der Waals surface area contributed by atoms with Crippen molar-refractivity contribution in [3.05, 3.63) is 29.3 Å². The van der Waals surface area contributed by atoms with E-state index in [2.05, 4.69) is 35.5 Å². The Balaban J connectivity index is 1.60. The quantitative estimate of drug-likeness (QED) is 0.892. The Hall–Kier alpha value is -1.02. The van der Waals surface area contributed by atoms with Crippen LogP contribution in [0.1, 0.15) is 43.2 Å². The van der Waals surface area contributed by atoms with Crippen LogP contribution in [0, 0.1) is 0 Å². The minimum atomic E-state index is 0.750. The molecule has 0 aromatic heterocycles. The van der Waals surface area contributed by atoms with Gasteiger partial charge in [0.15, 0.2) is 0 Å². The van der Waals surface area contributed by atoms with Crippen molar-refractivity contribution in [2.75, 3.05) is 25.0 Å². The van der Waals surface area contributed by atoms with Gasteiger partial charge in [0.25, 0.3) is 0 Å². The van der Waals surface area contributed by atoms with Gasteiger partial charge in [0.1, 0.15) is 0 Å². The summed E-state index contributed by atoms with van der Waals surface area (Å²) in [7, 11) is 2.24. The second kappa shape index (κ2) is 5.96. The third-order valence-corrected chi connectivity index (χ3v) is 4.75. The molecule has 2 nitrogen and oxygen atoms in total. The van der Waals surface area contributed by atoms with Crippen LogP contribution in [0.25, 0.3) is 0 Å². The molecule has 1 saturated heterocycles. The van der Waals surface area contributed by atoms with E-state index in [1.165, 1.54) is 57.2 Å². The fourth-order valence-corrected chi connectivity index (χ4v) is 3.44.